The minimum Gasteiger partial charge on any atom is -0.475 e. The van der Waals surface area contributed by atoms with E-state index in [4.69, 9.17) is 9.90 Å². The molecule has 222 valence electrons. The Morgan fingerprint density at radius 2 is 1.60 bits per heavy atom. The number of pyridine rings is 1. The number of carbonyl (C=O) groups is 2. The molecule has 0 spiro atoms. The van der Waals surface area contributed by atoms with Gasteiger partial charge in [-0.25, -0.2) is 4.79 Å². The summed E-state index contributed by atoms with van der Waals surface area (Å²) in [6, 6.07) is 10.9. The van der Waals surface area contributed by atoms with Crippen LogP contribution in [0.1, 0.15) is 101 Å². The zero-order valence-electron chi connectivity index (χ0n) is 23.7. The fourth-order valence-corrected chi connectivity index (χ4v) is 6.06. The Labute approximate surface area is 233 Å². The van der Waals surface area contributed by atoms with Crippen molar-refractivity contribution in [3.8, 4) is 0 Å². The summed E-state index contributed by atoms with van der Waals surface area (Å²) in [5, 5.41) is 11.3. The Morgan fingerprint density at radius 3 is 2.17 bits per heavy atom. The van der Waals surface area contributed by atoms with Crippen LogP contribution in [0.5, 0.6) is 0 Å². The molecule has 7 nitrogen and oxygen atoms in total. The van der Waals surface area contributed by atoms with Crippen LogP contribution in [-0.4, -0.2) is 57.3 Å². The Hall–Kier alpha value is -2.88. The van der Waals surface area contributed by atoms with Crippen LogP contribution in [-0.2, 0) is 4.79 Å². The number of carbonyl (C=O) groups excluding carboxylic acids is 1. The second kappa shape index (κ2) is 14.1. The zero-order valence-corrected chi connectivity index (χ0v) is 23.7. The van der Waals surface area contributed by atoms with Crippen molar-refractivity contribution in [2.24, 2.45) is 0 Å². The van der Waals surface area contributed by atoms with Gasteiger partial charge >= 0.3 is 12.1 Å². The number of para-hydroxylation sites is 1. The number of hydrogen-bond donors (Lipinski definition) is 2. The molecule has 0 saturated carbocycles. The average molecular weight is 566 g/mol. The van der Waals surface area contributed by atoms with Crippen LogP contribution in [0.2, 0.25) is 0 Å². The summed E-state index contributed by atoms with van der Waals surface area (Å²) >= 11 is 0. The number of rotatable bonds is 10. The monoisotopic (exact) mass is 565 g/mol. The number of nitrogens with zero attached hydrogens (tertiary/aromatic N) is 2. The first-order valence-corrected chi connectivity index (χ1v) is 14.4. The van der Waals surface area contributed by atoms with Crippen molar-refractivity contribution in [2.45, 2.75) is 115 Å². The maximum Gasteiger partial charge on any atom is 0.490 e. The topological polar surface area (TPSA) is 91.6 Å². The number of carboxylic acids is 1. The molecule has 2 saturated heterocycles. The second-order valence-electron chi connectivity index (χ2n) is 11.2. The lowest BCUT2D eigenvalue weighted by Crippen LogP contribution is -2.51. The SMILES string of the molecule is CCCCCCCCN1[C@@H]2CC[C@H]1CC(NC(=O)c1cc3ccccc3n(C(C)C)c1=O)C2.O=C(O)C(F)(F)F. The molecule has 3 heterocycles. The van der Waals surface area contributed by atoms with Crippen LogP contribution >= 0.6 is 0 Å². The second-order valence-corrected chi connectivity index (χ2v) is 11.2. The molecule has 0 radical (unpaired) electrons. The van der Waals surface area contributed by atoms with E-state index in [2.05, 4.69) is 17.1 Å². The fourth-order valence-electron chi connectivity index (χ4n) is 6.06. The summed E-state index contributed by atoms with van der Waals surface area (Å²) in [5.41, 5.74) is 0.962. The zero-order chi connectivity index (χ0) is 29.4. The highest BCUT2D eigenvalue weighted by molar-refractivity contribution is 5.97. The van der Waals surface area contributed by atoms with Crippen molar-refractivity contribution in [1.82, 2.24) is 14.8 Å². The molecular formula is C30H42F3N3O4. The van der Waals surface area contributed by atoms with Crippen LogP contribution in [0.4, 0.5) is 13.2 Å². The lowest BCUT2D eigenvalue weighted by atomic mass is 9.96. The molecule has 2 aromatic rings. The summed E-state index contributed by atoms with van der Waals surface area (Å²) in [4.78, 5) is 38.0. The van der Waals surface area contributed by atoms with Crippen molar-refractivity contribution < 1.29 is 27.9 Å². The number of carboxylic acid groups (broad SMARTS) is 1. The van der Waals surface area contributed by atoms with Crippen molar-refractivity contribution in [2.75, 3.05) is 6.54 Å². The largest absolute Gasteiger partial charge is 0.490 e. The van der Waals surface area contributed by atoms with Gasteiger partial charge in [0.2, 0.25) is 0 Å². The van der Waals surface area contributed by atoms with Gasteiger partial charge in [0.05, 0.1) is 5.52 Å². The van der Waals surface area contributed by atoms with Gasteiger partial charge in [0.1, 0.15) is 5.56 Å². The molecule has 1 unspecified atom stereocenters. The Bertz CT molecular complexity index is 1200. The van der Waals surface area contributed by atoms with E-state index in [1.165, 1.54) is 57.9 Å². The van der Waals surface area contributed by atoms with Crippen molar-refractivity contribution in [3.63, 3.8) is 0 Å². The van der Waals surface area contributed by atoms with Crippen LogP contribution in [0, 0.1) is 0 Å². The van der Waals surface area contributed by atoms with Crippen LogP contribution < -0.4 is 10.9 Å². The number of unbranched alkanes of at least 4 members (excludes halogenated alkanes) is 5. The van der Waals surface area contributed by atoms with E-state index >= 15 is 0 Å². The molecule has 2 N–H and O–H groups in total. The summed E-state index contributed by atoms with van der Waals surface area (Å²) in [5.74, 6) is -2.97. The normalized spacial score (nSPS) is 20.8. The number of aromatic nitrogens is 1. The Kier molecular flexibility index (Phi) is 11.2. The lowest BCUT2D eigenvalue weighted by molar-refractivity contribution is -0.192. The Balaban J connectivity index is 0.000000559. The number of amides is 1. The molecule has 2 aliphatic rings. The van der Waals surface area contributed by atoms with E-state index in [-0.39, 0.29) is 29.1 Å². The van der Waals surface area contributed by atoms with Gasteiger partial charge in [0, 0.05) is 24.2 Å². The standard InChI is InChI=1S/C28H41N3O2.C2HF3O2/c1-4-5-6-7-8-11-16-30-23-14-15-24(30)19-22(18-23)29-27(32)25-17-21-12-9-10-13-26(21)31(20(2)3)28(25)33;3-2(4,5)1(6)7/h9-10,12-13,17,20,22-24H,4-8,11,14-16,18-19H2,1-3H3,(H,29,32);(H,6,7)/t22?,23-,24+;. The molecule has 2 aliphatic heterocycles. The molecule has 1 amide bonds. The minimum atomic E-state index is -5.08. The number of halogens is 3. The Morgan fingerprint density at radius 1 is 1.02 bits per heavy atom. The van der Waals surface area contributed by atoms with E-state index in [1.807, 2.05) is 38.1 Å². The van der Waals surface area contributed by atoms with Gasteiger partial charge in [0.15, 0.2) is 0 Å². The van der Waals surface area contributed by atoms with Gasteiger partial charge in [-0.2, -0.15) is 13.2 Å². The van der Waals surface area contributed by atoms with Gasteiger partial charge < -0.3 is 15.0 Å². The number of piperidine rings is 1. The molecule has 1 aromatic carbocycles. The third-order valence-corrected chi connectivity index (χ3v) is 7.94. The average Bonchev–Trinajstić information content (AvgIpc) is 3.12. The summed E-state index contributed by atoms with van der Waals surface area (Å²) in [7, 11) is 0. The van der Waals surface area contributed by atoms with Gasteiger partial charge in [-0.15, -0.1) is 0 Å². The smallest absolute Gasteiger partial charge is 0.475 e. The predicted molar refractivity (Wildman–Crippen MR) is 150 cm³/mol. The highest BCUT2D eigenvalue weighted by Crippen LogP contribution is 2.36. The van der Waals surface area contributed by atoms with E-state index in [9.17, 15) is 22.8 Å². The molecule has 4 rings (SSSR count). The third kappa shape index (κ3) is 8.08. The predicted octanol–water partition coefficient (Wildman–Crippen LogP) is 6.30. The number of benzene rings is 1. The number of aliphatic carboxylic acids is 1. The molecule has 40 heavy (non-hydrogen) atoms. The molecule has 2 bridgehead atoms. The first kappa shape index (κ1) is 31.6. The maximum absolute atomic E-state index is 13.2. The summed E-state index contributed by atoms with van der Waals surface area (Å²) in [6.45, 7) is 7.45. The molecule has 3 atom stereocenters. The number of nitrogens with one attached hydrogen (secondary N) is 1. The van der Waals surface area contributed by atoms with Gasteiger partial charge in [0.25, 0.3) is 11.5 Å². The number of hydrogen-bond acceptors (Lipinski definition) is 4. The first-order valence-electron chi connectivity index (χ1n) is 14.4. The highest BCUT2D eigenvalue weighted by atomic mass is 19.4. The minimum absolute atomic E-state index is 0.00351. The van der Waals surface area contributed by atoms with E-state index in [1.54, 1.807) is 10.6 Å². The van der Waals surface area contributed by atoms with Crippen LogP contribution in [0.15, 0.2) is 35.1 Å². The molecule has 2 fully saturated rings. The number of alkyl halides is 3. The van der Waals surface area contributed by atoms with E-state index in [0.717, 1.165) is 23.7 Å². The van der Waals surface area contributed by atoms with Gasteiger partial charge in [-0.3, -0.25) is 14.5 Å². The fraction of sp³-hybridized carbons (Fsp3) is 0.633. The first-order chi connectivity index (χ1) is 18.9. The highest BCUT2D eigenvalue weighted by Gasteiger charge is 2.41. The molecule has 10 heteroatoms. The van der Waals surface area contributed by atoms with E-state index in [0.29, 0.717) is 12.1 Å². The lowest BCUT2D eigenvalue weighted by Gasteiger charge is -2.39. The van der Waals surface area contributed by atoms with Gasteiger partial charge in [-0.1, -0.05) is 57.2 Å². The van der Waals surface area contributed by atoms with E-state index < -0.39 is 12.1 Å². The quantitative estimate of drug-likeness (QED) is 0.330. The van der Waals surface area contributed by atoms with Crippen molar-refractivity contribution in [1.29, 1.82) is 0 Å². The molecular weight excluding hydrogens is 523 g/mol. The molecule has 1 aromatic heterocycles. The number of fused-ring (bicyclic) bond motifs is 3. The summed E-state index contributed by atoms with van der Waals surface area (Å²) in [6.07, 6.45) is 7.41. The molecule has 0 aliphatic carbocycles. The van der Waals surface area contributed by atoms with Crippen LogP contribution in [0.25, 0.3) is 10.9 Å². The third-order valence-electron chi connectivity index (χ3n) is 7.94. The van der Waals surface area contributed by atoms with Crippen molar-refractivity contribution >= 4 is 22.8 Å². The summed E-state index contributed by atoms with van der Waals surface area (Å²) < 4.78 is 33.5. The van der Waals surface area contributed by atoms with Crippen molar-refractivity contribution in [3.05, 3.63) is 46.2 Å². The maximum atomic E-state index is 13.2. The van der Waals surface area contributed by atoms with Gasteiger partial charge in [-0.05, 0) is 70.0 Å². The van der Waals surface area contributed by atoms with Crippen LogP contribution in [0.3, 0.4) is 0 Å².